The molecule has 0 atom stereocenters. The van der Waals surface area contributed by atoms with Gasteiger partial charge in [-0.3, -0.25) is 0 Å². The van der Waals surface area contributed by atoms with Gasteiger partial charge in [-0.25, -0.2) is 0 Å². The molecule has 7 heavy (non-hydrogen) atoms. The molecule has 0 aromatic heterocycles. The van der Waals surface area contributed by atoms with Crippen LogP contribution in [0.5, 0.6) is 0 Å². The fraction of sp³-hybridized carbons (Fsp3) is 1.00. The van der Waals surface area contributed by atoms with E-state index < -0.39 is 0 Å². The average Bonchev–Trinajstić information content (AvgIpc) is 2.26. The molecule has 2 rings (SSSR count). The maximum atomic E-state index is 1.56. The Morgan fingerprint density at radius 1 is 0.857 bits per heavy atom. The van der Waals surface area contributed by atoms with Crippen molar-refractivity contribution < 1.29 is 2.85 Å². The van der Waals surface area contributed by atoms with E-state index in [2.05, 4.69) is 0 Å². The topological polar surface area (TPSA) is 0 Å². The van der Waals surface area contributed by atoms with Crippen molar-refractivity contribution in [2.24, 2.45) is 11.8 Å². The van der Waals surface area contributed by atoms with Crippen LogP contribution in [-0.2, 0) is 0 Å². The third-order valence-electron chi connectivity index (χ3n) is 1.91. The summed E-state index contributed by atoms with van der Waals surface area (Å²) < 4.78 is 0. The molecule has 0 unspecified atom stereocenters. The van der Waals surface area contributed by atoms with Crippen LogP contribution < -0.4 is 0 Å². The van der Waals surface area contributed by atoms with E-state index in [0.29, 0.717) is 0 Å². The molecule has 0 bridgehead atoms. The molecular weight excluding hydrogens is 96.4 g/mol. The Bertz CT molecular complexity index is 59.5. The van der Waals surface area contributed by atoms with Gasteiger partial charge in [-0.15, -0.1) is 0 Å². The Morgan fingerprint density at radius 2 is 1.14 bits per heavy atom. The van der Waals surface area contributed by atoms with E-state index >= 15 is 0 Å². The molecule has 0 amide bonds. The molecule has 1 heteroatoms. The molecule has 0 radical (unpaired) electrons. The first-order chi connectivity index (χ1) is 2.97. The van der Waals surface area contributed by atoms with Gasteiger partial charge in [-0.1, -0.05) is 0 Å². The zero-order valence-corrected chi connectivity index (χ0v) is 6.10. The van der Waals surface area contributed by atoms with Crippen molar-refractivity contribution in [3.8, 4) is 0 Å². The van der Waals surface area contributed by atoms with Gasteiger partial charge in [0.1, 0.15) is 0 Å². The summed E-state index contributed by atoms with van der Waals surface area (Å²) >= 11 is 0. The van der Waals surface area contributed by atoms with Gasteiger partial charge in [0.2, 0.25) is 0 Å². The maximum Gasteiger partial charge on any atom is 2.00 e. The van der Waals surface area contributed by atoms with Crippen LogP contribution in [0.4, 0.5) is 0 Å². The summed E-state index contributed by atoms with van der Waals surface area (Å²) in [5.41, 5.74) is 0. The van der Waals surface area contributed by atoms with E-state index in [4.69, 9.17) is 0 Å². The number of hydrogen-bond donors (Lipinski definition) is 0. The van der Waals surface area contributed by atoms with Gasteiger partial charge in [-0.2, -0.15) is 0 Å². The molecule has 2 saturated carbocycles. The summed E-state index contributed by atoms with van der Waals surface area (Å²) in [6.07, 6.45) is 6.24. The fourth-order valence-electron chi connectivity index (χ4n) is 1.14. The number of hydrogen-bond acceptors (Lipinski definition) is 0. The van der Waals surface area contributed by atoms with Gasteiger partial charge >= 0.3 is 23.1 Å². The van der Waals surface area contributed by atoms with Crippen molar-refractivity contribution in [3.05, 3.63) is 0 Å². The first kappa shape index (κ1) is 5.89. The fourth-order valence-corrected chi connectivity index (χ4v) is 1.14. The van der Waals surface area contributed by atoms with Crippen LogP contribution in [0.15, 0.2) is 0 Å². The Labute approximate surface area is 63.8 Å². The van der Waals surface area contributed by atoms with E-state index in [1.165, 1.54) is 11.8 Å². The zero-order chi connectivity index (χ0) is 3.98. The molecule has 0 aliphatic heterocycles. The SMILES string of the molecule is C1CC1C1CC1.[H-].[H-].[Mg+2]. The molecule has 2 aliphatic carbocycles. The van der Waals surface area contributed by atoms with Crippen LogP contribution in [0.1, 0.15) is 28.5 Å². The van der Waals surface area contributed by atoms with Crippen LogP contribution in [0.3, 0.4) is 0 Å². The summed E-state index contributed by atoms with van der Waals surface area (Å²) in [5, 5.41) is 0. The molecule has 2 aliphatic rings. The second-order valence-electron chi connectivity index (χ2n) is 2.67. The second-order valence-corrected chi connectivity index (χ2v) is 2.67. The molecular formula is C6H12Mg. The number of rotatable bonds is 1. The second kappa shape index (κ2) is 1.94. The summed E-state index contributed by atoms with van der Waals surface area (Å²) in [5.74, 6) is 2.43. The van der Waals surface area contributed by atoms with Crippen LogP contribution >= 0.6 is 0 Å². The Hall–Kier alpha value is 0.766. The van der Waals surface area contributed by atoms with Gasteiger partial charge in [0.25, 0.3) is 0 Å². The summed E-state index contributed by atoms with van der Waals surface area (Å²) in [6, 6.07) is 0. The molecule has 0 nitrogen and oxygen atoms in total. The normalized spacial score (nSPS) is 29.1. The molecule has 0 N–H and O–H groups in total. The van der Waals surface area contributed by atoms with E-state index in [1.54, 1.807) is 25.7 Å². The maximum absolute atomic E-state index is 1.56. The standard InChI is InChI=1S/C6H10.Mg.2H/c1-2-5(1)6-3-4-6;;;/h5-6H,1-4H2;;;/q;+2;2*-1. The third-order valence-corrected chi connectivity index (χ3v) is 1.91. The third kappa shape index (κ3) is 1.33. The largest absolute Gasteiger partial charge is 2.00 e. The first-order valence-electron chi connectivity index (χ1n) is 2.97. The quantitative estimate of drug-likeness (QED) is 0.448. The van der Waals surface area contributed by atoms with Crippen molar-refractivity contribution in [1.82, 2.24) is 0 Å². The minimum Gasteiger partial charge on any atom is -1.00 e. The van der Waals surface area contributed by atoms with Crippen molar-refractivity contribution in [3.63, 3.8) is 0 Å². The van der Waals surface area contributed by atoms with Gasteiger partial charge in [0, 0.05) is 0 Å². The van der Waals surface area contributed by atoms with Crippen LogP contribution in [0, 0.1) is 11.8 Å². The molecule has 0 spiro atoms. The van der Waals surface area contributed by atoms with Crippen molar-refractivity contribution in [2.45, 2.75) is 25.7 Å². The smallest absolute Gasteiger partial charge is 1.00 e. The van der Waals surface area contributed by atoms with Gasteiger partial charge < -0.3 is 2.85 Å². The predicted molar refractivity (Wildman–Crippen MR) is 33.4 cm³/mol. The average molecular weight is 108 g/mol. The van der Waals surface area contributed by atoms with Gasteiger partial charge in [0.15, 0.2) is 0 Å². The first-order valence-corrected chi connectivity index (χ1v) is 2.97. The molecule has 0 aromatic rings. The van der Waals surface area contributed by atoms with E-state index in [1.807, 2.05) is 0 Å². The van der Waals surface area contributed by atoms with Crippen LogP contribution in [-0.4, -0.2) is 23.1 Å². The molecule has 38 valence electrons. The monoisotopic (exact) mass is 108 g/mol. The van der Waals surface area contributed by atoms with Crippen molar-refractivity contribution >= 4 is 23.1 Å². The Kier molecular flexibility index (Phi) is 1.63. The Balaban J connectivity index is 0. The van der Waals surface area contributed by atoms with Crippen molar-refractivity contribution in [1.29, 1.82) is 0 Å². The van der Waals surface area contributed by atoms with E-state index in [0.717, 1.165) is 0 Å². The minimum atomic E-state index is 0. The van der Waals surface area contributed by atoms with Crippen LogP contribution in [0.2, 0.25) is 0 Å². The summed E-state index contributed by atoms with van der Waals surface area (Å²) in [7, 11) is 0. The predicted octanol–water partition coefficient (Wildman–Crippen LogP) is 1.65. The van der Waals surface area contributed by atoms with Gasteiger partial charge in [-0.05, 0) is 37.5 Å². The molecule has 0 aromatic carbocycles. The summed E-state index contributed by atoms with van der Waals surface area (Å²) in [6.45, 7) is 0. The van der Waals surface area contributed by atoms with E-state index in [9.17, 15) is 0 Å². The van der Waals surface area contributed by atoms with Crippen LogP contribution in [0.25, 0.3) is 0 Å². The molecule has 0 heterocycles. The summed E-state index contributed by atoms with van der Waals surface area (Å²) in [4.78, 5) is 0. The van der Waals surface area contributed by atoms with Gasteiger partial charge in [0.05, 0.1) is 0 Å². The Morgan fingerprint density at radius 3 is 1.29 bits per heavy atom. The molecule has 0 saturated heterocycles. The minimum absolute atomic E-state index is 0. The zero-order valence-electron chi connectivity index (χ0n) is 6.69. The van der Waals surface area contributed by atoms with E-state index in [-0.39, 0.29) is 25.9 Å². The molecule has 2 fully saturated rings. The van der Waals surface area contributed by atoms with Crippen molar-refractivity contribution in [2.75, 3.05) is 0 Å².